The summed E-state index contributed by atoms with van der Waals surface area (Å²) in [6.07, 6.45) is 1.22. The number of alkyl carbamates (subject to hydrolysis) is 1. The van der Waals surface area contributed by atoms with Crippen LogP contribution in [0.15, 0.2) is 79.1 Å². The van der Waals surface area contributed by atoms with Crippen LogP contribution >= 0.6 is 11.6 Å². The summed E-state index contributed by atoms with van der Waals surface area (Å²) in [5.74, 6) is 4.45. The van der Waals surface area contributed by atoms with Crippen LogP contribution in [0.2, 0.25) is 5.02 Å². The van der Waals surface area contributed by atoms with Gasteiger partial charge >= 0.3 is 12.2 Å². The number of methoxy groups -OCH3 is 1. The lowest BCUT2D eigenvalue weighted by atomic mass is 9.84. The highest BCUT2D eigenvalue weighted by molar-refractivity contribution is 6.31. The summed E-state index contributed by atoms with van der Waals surface area (Å²) in [6.45, 7) is 5.61. The maximum absolute atomic E-state index is 16.1. The smallest absolute Gasteiger partial charge is 0.407 e. The number of alkyl halides is 2. The number of piperazine rings is 1. The lowest BCUT2D eigenvalue weighted by Gasteiger charge is -2.47. The minimum Gasteiger partial charge on any atom is -0.465 e. The van der Waals surface area contributed by atoms with Crippen LogP contribution in [0.3, 0.4) is 0 Å². The van der Waals surface area contributed by atoms with Crippen molar-refractivity contribution in [2.24, 2.45) is 10.8 Å². The second kappa shape index (κ2) is 24.2. The number of nitrogens with zero attached hydrogens (tertiary/aromatic N) is 5. The van der Waals surface area contributed by atoms with Crippen LogP contribution in [0, 0.1) is 28.5 Å². The zero-order chi connectivity index (χ0) is 53.3. The van der Waals surface area contributed by atoms with Gasteiger partial charge < -0.3 is 40.5 Å². The molecule has 2 aromatic carbocycles. The van der Waals surface area contributed by atoms with Gasteiger partial charge in [-0.2, -0.15) is 0 Å². The summed E-state index contributed by atoms with van der Waals surface area (Å²) >= 11 is 6.68. The van der Waals surface area contributed by atoms with E-state index in [-0.39, 0.29) is 17.0 Å². The third-order valence-corrected chi connectivity index (χ3v) is 14.2. The van der Waals surface area contributed by atoms with Gasteiger partial charge in [0.25, 0.3) is 5.91 Å². The number of hydrazine groups is 1. The van der Waals surface area contributed by atoms with Crippen LogP contribution in [-0.4, -0.2) is 150 Å². The maximum atomic E-state index is 16.1. The first kappa shape index (κ1) is 55.3. The Morgan fingerprint density at radius 1 is 0.878 bits per heavy atom. The fraction of sp³-hybridized carbons (Fsp3) is 0.472. The Morgan fingerprint density at radius 2 is 1.53 bits per heavy atom. The van der Waals surface area contributed by atoms with Crippen LogP contribution < -0.4 is 26.3 Å². The highest BCUT2D eigenvalue weighted by Gasteiger charge is 2.46. The van der Waals surface area contributed by atoms with E-state index in [4.69, 9.17) is 26.1 Å². The fourth-order valence-corrected chi connectivity index (χ4v) is 9.74. The Kier molecular flexibility index (Phi) is 18.1. The average molecular weight is 1050 g/mol. The summed E-state index contributed by atoms with van der Waals surface area (Å²) in [5, 5.41) is 29.9. The second-order valence-electron chi connectivity index (χ2n) is 20.4. The molecule has 5 heterocycles. The number of nitrogens with one attached hydrogen (secondary N) is 4. The minimum absolute atomic E-state index is 0.0915. The van der Waals surface area contributed by atoms with Crippen molar-refractivity contribution in [1.82, 2.24) is 41.3 Å². The van der Waals surface area contributed by atoms with E-state index in [2.05, 4.69) is 42.7 Å². The Morgan fingerprint density at radius 3 is 2.08 bits per heavy atom. The summed E-state index contributed by atoms with van der Waals surface area (Å²) < 4.78 is 55.2. The molecule has 6 atom stereocenters. The molecule has 3 aliphatic rings. The topological polar surface area (TPSA) is 211 Å². The largest absolute Gasteiger partial charge is 0.465 e. The summed E-state index contributed by atoms with van der Waals surface area (Å²) in [7, 11) is 1.08. The first-order valence-corrected chi connectivity index (χ1v) is 24.7. The standard InChI is InChI=1S/C53H63ClF3N9O8/c1-52(2,30-55)46(62-51(72)73-5)48(68)60-43(20-33-12-9-32(10-13-33)11-14-34-15-18-45(59-23-34)64-24-36-16-17-37(25-64)66(36)38-28-74-29-38)44(67)27-65(63-49(69)47(61-50(70)71)53(3,4)31-56)26-39-40(54)21-35(22-41(39)57)42-8-6-7-19-58-42/h6-10,12-13,15,18-19,21-23,36-38,43-44,46-47,61,67H,16-17,20,24-31H2,1-5H3,(H,60,68)(H,62,72)(H,63,69)(H,70,71)/t36?,37?,43-,44-,46+,47+/m0/s1. The number of ether oxygens (including phenoxy) is 2. The van der Waals surface area contributed by atoms with E-state index >= 15 is 4.39 Å². The molecular weight excluding hydrogens is 983 g/mol. The number of anilines is 1. The van der Waals surface area contributed by atoms with Crippen molar-refractivity contribution in [3.05, 3.63) is 112 Å². The molecular formula is C53H63ClF3N9O8. The number of rotatable bonds is 20. The second-order valence-corrected chi connectivity index (χ2v) is 20.8. The molecule has 396 valence electrons. The van der Waals surface area contributed by atoms with Gasteiger partial charge in [-0.05, 0) is 73.4 Å². The van der Waals surface area contributed by atoms with Crippen molar-refractivity contribution in [2.45, 2.75) is 95.9 Å². The van der Waals surface area contributed by atoms with Crippen molar-refractivity contribution in [3.63, 3.8) is 0 Å². The molecule has 0 saturated carbocycles. The van der Waals surface area contributed by atoms with Gasteiger partial charge in [-0.1, -0.05) is 69.3 Å². The van der Waals surface area contributed by atoms with Gasteiger partial charge in [-0.15, -0.1) is 0 Å². The SMILES string of the molecule is COC(=O)N[C@H](C(=O)N[C@@H](Cc1ccc(C#Cc2ccc(N3CC4CCC(C3)N4C3COC3)nc2)cc1)[C@@H](O)CN(Cc1c(F)cc(-c2ccccn2)cc1Cl)NC(=O)[C@@H](NC(=O)O)C(C)(C)CF)C(C)(C)CF. The molecule has 17 nitrogen and oxygen atoms in total. The number of fused-ring (bicyclic) bond motifs is 2. The minimum atomic E-state index is -1.69. The van der Waals surface area contributed by atoms with E-state index in [0.717, 1.165) is 44.2 Å². The van der Waals surface area contributed by atoms with Crippen molar-refractivity contribution in [3.8, 4) is 23.1 Å². The van der Waals surface area contributed by atoms with Gasteiger partial charge in [0.15, 0.2) is 0 Å². The zero-order valence-corrected chi connectivity index (χ0v) is 42.7. The first-order chi connectivity index (χ1) is 35.3. The number of halogens is 4. The lowest BCUT2D eigenvalue weighted by Crippen LogP contribution is -2.62. The van der Waals surface area contributed by atoms with E-state index in [1.54, 1.807) is 48.7 Å². The molecule has 3 fully saturated rings. The molecule has 0 aliphatic carbocycles. The number of aliphatic hydroxyl groups excluding tert-OH is 1. The summed E-state index contributed by atoms with van der Waals surface area (Å²) in [5.41, 5.74) is 1.99. The lowest BCUT2D eigenvalue weighted by molar-refractivity contribution is -0.133. The molecule has 4 aromatic rings. The Bertz CT molecular complexity index is 2640. The van der Waals surface area contributed by atoms with Crippen molar-refractivity contribution >= 4 is 41.4 Å². The van der Waals surface area contributed by atoms with Crippen molar-refractivity contribution < 1.29 is 52.0 Å². The van der Waals surface area contributed by atoms with E-state index < -0.39 is 91.3 Å². The normalized spacial score (nSPS) is 18.5. The number of hydrogen-bond donors (Lipinski definition) is 6. The highest BCUT2D eigenvalue weighted by atomic mass is 35.5. The molecule has 3 aliphatic heterocycles. The van der Waals surface area contributed by atoms with Crippen LogP contribution in [-0.2, 0) is 32.0 Å². The van der Waals surface area contributed by atoms with E-state index in [1.807, 2.05) is 17.4 Å². The molecule has 4 amide bonds. The molecule has 2 unspecified atom stereocenters. The number of benzene rings is 2. The fourth-order valence-electron chi connectivity index (χ4n) is 9.47. The van der Waals surface area contributed by atoms with Crippen LogP contribution in [0.4, 0.5) is 28.6 Å². The molecule has 0 spiro atoms. The maximum Gasteiger partial charge on any atom is 0.407 e. The number of carbonyl (C=O) groups is 4. The number of aliphatic hydroxyl groups is 1. The van der Waals surface area contributed by atoms with Gasteiger partial charge in [0.1, 0.15) is 23.7 Å². The van der Waals surface area contributed by atoms with Crippen LogP contribution in [0.1, 0.15) is 62.8 Å². The molecule has 2 bridgehead atoms. The number of carboxylic acid groups (broad SMARTS) is 1. The van der Waals surface area contributed by atoms with Gasteiger partial charge in [0, 0.05) is 88.8 Å². The number of amides is 4. The van der Waals surface area contributed by atoms with E-state index in [1.165, 1.54) is 58.9 Å². The third kappa shape index (κ3) is 13.6. The molecule has 6 N–H and O–H groups in total. The molecule has 21 heteroatoms. The number of aromatic nitrogens is 2. The monoisotopic (exact) mass is 1050 g/mol. The van der Waals surface area contributed by atoms with Crippen molar-refractivity contribution in [1.29, 1.82) is 0 Å². The zero-order valence-electron chi connectivity index (χ0n) is 41.9. The van der Waals surface area contributed by atoms with Gasteiger partial charge in [0.2, 0.25) is 5.91 Å². The van der Waals surface area contributed by atoms with Crippen molar-refractivity contribution in [2.75, 3.05) is 58.2 Å². The van der Waals surface area contributed by atoms with Gasteiger partial charge in [-0.3, -0.25) is 33.7 Å². The Balaban J connectivity index is 1.13. The Hall–Kier alpha value is -6.50. The van der Waals surface area contributed by atoms with Gasteiger partial charge in [-0.25, -0.2) is 24.0 Å². The number of carbonyl (C=O) groups excluding carboxylic acids is 3. The van der Waals surface area contributed by atoms with Gasteiger partial charge in [0.05, 0.1) is 57.6 Å². The van der Waals surface area contributed by atoms with E-state index in [0.29, 0.717) is 46.1 Å². The third-order valence-electron chi connectivity index (χ3n) is 13.8. The highest BCUT2D eigenvalue weighted by Crippen LogP contribution is 2.36. The molecule has 7 rings (SSSR count). The molecule has 74 heavy (non-hydrogen) atoms. The molecule has 3 saturated heterocycles. The number of hydrogen-bond acceptors (Lipinski definition) is 12. The first-order valence-electron chi connectivity index (χ1n) is 24.3. The average Bonchev–Trinajstić information content (AvgIpc) is 3.60. The predicted octanol–water partition coefficient (Wildman–Crippen LogP) is 5.66. The van der Waals surface area contributed by atoms with Crippen LogP contribution in [0.25, 0.3) is 11.3 Å². The summed E-state index contributed by atoms with van der Waals surface area (Å²) in [4.78, 5) is 66.4. The molecule has 2 aromatic heterocycles. The van der Waals surface area contributed by atoms with E-state index in [9.17, 15) is 38.2 Å². The number of pyridine rings is 2. The quantitative estimate of drug-likeness (QED) is 0.0467. The molecule has 0 radical (unpaired) electrons. The van der Waals surface area contributed by atoms with Crippen LogP contribution in [0.5, 0.6) is 0 Å². The predicted molar refractivity (Wildman–Crippen MR) is 271 cm³/mol. The summed E-state index contributed by atoms with van der Waals surface area (Å²) in [6, 6.07) is 15.6. The Labute approximate surface area is 433 Å².